The number of carbonyl (C=O) groups excluding carboxylic acids is 2. The third kappa shape index (κ3) is 6.13. The molecule has 0 unspecified atom stereocenters. The van der Waals surface area contributed by atoms with Crippen molar-refractivity contribution in [2.75, 3.05) is 25.1 Å². The monoisotopic (exact) mass is 368 g/mol. The Kier molecular flexibility index (Phi) is 7.41. The third-order valence-electron chi connectivity index (χ3n) is 4.49. The molecule has 0 aliphatic carbocycles. The summed E-state index contributed by atoms with van der Waals surface area (Å²) >= 11 is 0. The number of aryl methyl sites for hydroxylation is 2. The number of ether oxygens (including phenoxy) is 1. The van der Waals surface area contributed by atoms with Crippen molar-refractivity contribution in [1.82, 2.24) is 5.32 Å². The SMILES string of the molecule is COc1ccc(CCNC(=O)CCN(C(C)=O)c2cc(C)ccc2C)cc1. The summed E-state index contributed by atoms with van der Waals surface area (Å²) in [6, 6.07) is 13.8. The van der Waals surface area contributed by atoms with Crippen molar-refractivity contribution in [3.8, 4) is 5.75 Å². The van der Waals surface area contributed by atoms with Gasteiger partial charge >= 0.3 is 0 Å². The zero-order valence-electron chi connectivity index (χ0n) is 16.5. The first-order valence-electron chi connectivity index (χ1n) is 9.15. The molecule has 144 valence electrons. The molecule has 5 heteroatoms. The molecule has 0 heterocycles. The summed E-state index contributed by atoms with van der Waals surface area (Å²) < 4.78 is 5.14. The van der Waals surface area contributed by atoms with Gasteiger partial charge in [0.2, 0.25) is 11.8 Å². The summed E-state index contributed by atoms with van der Waals surface area (Å²) in [7, 11) is 1.64. The lowest BCUT2D eigenvalue weighted by Gasteiger charge is -2.23. The molecule has 27 heavy (non-hydrogen) atoms. The number of benzene rings is 2. The standard InChI is InChI=1S/C22H28N2O3/c1-16-5-6-17(2)21(15-16)24(18(3)25)14-12-22(26)23-13-11-19-7-9-20(27-4)10-8-19/h5-10,15H,11-14H2,1-4H3,(H,23,26). The minimum atomic E-state index is -0.0604. The van der Waals surface area contributed by atoms with E-state index in [0.717, 1.165) is 34.5 Å². The summed E-state index contributed by atoms with van der Waals surface area (Å²) in [6.07, 6.45) is 1.03. The van der Waals surface area contributed by atoms with Crippen LogP contribution >= 0.6 is 0 Å². The van der Waals surface area contributed by atoms with E-state index in [1.54, 1.807) is 12.0 Å². The van der Waals surface area contributed by atoms with E-state index < -0.39 is 0 Å². The van der Waals surface area contributed by atoms with Gasteiger partial charge in [-0.3, -0.25) is 9.59 Å². The van der Waals surface area contributed by atoms with Crippen LogP contribution < -0.4 is 15.0 Å². The van der Waals surface area contributed by atoms with Crippen LogP contribution in [0, 0.1) is 13.8 Å². The third-order valence-corrected chi connectivity index (χ3v) is 4.49. The molecule has 0 aliphatic heterocycles. The van der Waals surface area contributed by atoms with E-state index in [4.69, 9.17) is 4.74 Å². The molecule has 0 aromatic heterocycles. The molecule has 2 amide bonds. The zero-order valence-corrected chi connectivity index (χ0v) is 16.5. The second-order valence-corrected chi connectivity index (χ2v) is 6.66. The lowest BCUT2D eigenvalue weighted by Crippen LogP contribution is -2.34. The highest BCUT2D eigenvalue weighted by molar-refractivity contribution is 5.93. The van der Waals surface area contributed by atoms with Gasteiger partial charge in [-0.1, -0.05) is 24.3 Å². The lowest BCUT2D eigenvalue weighted by molar-refractivity contribution is -0.121. The first kappa shape index (κ1) is 20.5. The Hall–Kier alpha value is -2.82. The van der Waals surface area contributed by atoms with Crippen molar-refractivity contribution in [1.29, 1.82) is 0 Å². The summed E-state index contributed by atoms with van der Waals surface area (Å²) in [5.41, 5.74) is 4.12. The van der Waals surface area contributed by atoms with Gasteiger partial charge in [-0.2, -0.15) is 0 Å². The number of nitrogens with zero attached hydrogens (tertiary/aromatic N) is 1. The van der Waals surface area contributed by atoms with Gasteiger partial charge in [-0.25, -0.2) is 0 Å². The van der Waals surface area contributed by atoms with E-state index in [-0.39, 0.29) is 18.2 Å². The fourth-order valence-corrected chi connectivity index (χ4v) is 2.90. The zero-order chi connectivity index (χ0) is 19.8. The van der Waals surface area contributed by atoms with Gasteiger partial charge in [0, 0.05) is 32.1 Å². The van der Waals surface area contributed by atoms with Crippen molar-refractivity contribution < 1.29 is 14.3 Å². The maximum Gasteiger partial charge on any atom is 0.223 e. The number of hydrogen-bond acceptors (Lipinski definition) is 3. The van der Waals surface area contributed by atoms with Crippen LogP contribution in [0.25, 0.3) is 0 Å². The fourth-order valence-electron chi connectivity index (χ4n) is 2.90. The van der Waals surface area contributed by atoms with Gasteiger partial charge in [0.05, 0.1) is 7.11 Å². The predicted octanol–water partition coefficient (Wildman–Crippen LogP) is 3.41. The first-order valence-corrected chi connectivity index (χ1v) is 9.15. The number of methoxy groups -OCH3 is 1. The number of nitrogens with one attached hydrogen (secondary N) is 1. The van der Waals surface area contributed by atoms with E-state index in [1.165, 1.54) is 6.92 Å². The van der Waals surface area contributed by atoms with Crippen LogP contribution in [0.2, 0.25) is 0 Å². The van der Waals surface area contributed by atoms with Gasteiger partial charge in [0.25, 0.3) is 0 Å². The summed E-state index contributed by atoms with van der Waals surface area (Å²) in [4.78, 5) is 25.9. The van der Waals surface area contributed by atoms with E-state index >= 15 is 0 Å². The average molecular weight is 368 g/mol. The Morgan fingerprint density at radius 3 is 2.41 bits per heavy atom. The van der Waals surface area contributed by atoms with E-state index in [2.05, 4.69) is 5.32 Å². The average Bonchev–Trinajstić information content (AvgIpc) is 2.65. The van der Waals surface area contributed by atoms with Crippen LogP contribution in [-0.4, -0.2) is 32.0 Å². The minimum absolute atomic E-state index is 0.0555. The highest BCUT2D eigenvalue weighted by Gasteiger charge is 2.15. The lowest BCUT2D eigenvalue weighted by atomic mass is 10.1. The number of carbonyl (C=O) groups is 2. The molecular weight excluding hydrogens is 340 g/mol. The molecule has 2 aromatic carbocycles. The topological polar surface area (TPSA) is 58.6 Å². The number of anilines is 1. The van der Waals surface area contributed by atoms with Crippen LogP contribution in [0.5, 0.6) is 5.75 Å². The Bertz CT molecular complexity index is 785. The number of rotatable bonds is 8. The molecule has 0 bridgehead atoms. The van der Waals surface area contributed by atoms with Gasteiger partial charge < -0.3 is 15.0 Å². The van der Waals surface area contributed by atoms with E-state index in [0.29, 0.717) is 13.1 Å². The molecule has 0 fully saturated rings. The molecule has 0 atom stereocenters. The van der Waals surface area contributed by atoms with Crippen molar-refractivity contribution in [3.63, 3.8) is 0 Å². The minimum Gasteiger partial charge on any atom is -0.497 e. The van der Waals surface area contributed by atoms with Crippen LogP contribution in [-0.2, 0) is 16.0 Å². The molecule has 0 radical (unpaired) electrons. The van der Waals surface area contributed by atoms with Gasteiger partial charge in [0.15, 0.2) is 0 Å². The van der Waals surface area contributed by atoms with Gasteiger partial charge in [0.1, 0.15) is 5.75 Å². The first-order chi connectivity index (χ1) is 12.9. The summed E-state index contributed by atoms with van der Waals surface area (Å²) in [5, 5.41) is 2.92. The summed E-state index contributed by atoms with van der Waals surface area (Å²) in [5.74, 6) is 0.702. The Balaban J connectivity index is 1.85. The highest BCUT2D eigenvalue weighted by Crippen LogP contribution is 2.22. The predicted molar refractivity (Wildman–Crippen MR) is 108 cm³/mol. The molecule has 0 aliphatic rings. The molecule has 1 N–H and O–H groups in total. The van der Waals surface area contributed by atoms with Crippen molar-refractivity contribution >= 4 is 17.5 Å². The smallest absolute Gasteiger partial charge is 0.223 e. The molecule has 0 saturated carbocycles. The maximum absolute atomic E-state index is 12.2. The second-order valence-electron chi connectivity index (χ2n) is 6.66. The molecule has 2 aromatic rings. The van der Waals surface area contributed by atoms with E-state index in [9.17, 15) is 9.59 Å². The molecule has 2 rings (SSSR count). The van der Waals surface area contributed by atoms with E-state index in [1.807, 2.05) is 56.3 Å². The van der Waals surface area contributed by atoms with Crippen molar-refractivity contribution in [3.05, 3.63) is 59.2 Å². The second kappa shape index (κ2) is 9.76. The normalized spacial score (nSPS) is 10.4. The maximum atomic E-state index is 12.2. The highest BCUT2D eigenvalue weighted by atomic mass is 16.5. The van der Waals surface area contributed by atoms with Crippen LogP contribution in [0.4, 0.5) is 5.69 Å². The quantitative estimate of drug-likeness (QED) is 0.777. The molecule has 0 saturated heterocycles. The Morgan fingerprint density at radius 2 is 1.78 bits per heavy atom. The van der Waals surface area contributed by atoms with Gasteiger partial charge in [-0.15, -0.1) is 0 Å². The number of hydrogen-bond donors (Lipinski definition) is 1. The van der Waals surface area contributed by atoms with Crippen molar-refractivity contribution in [2.24, 2.45) is 0 Å². The largest absolute Gasteiger partial charge is 0.497 e. The fraction of sp³-hybridized carbons (Fsp3) is 0.364. The van der Waals surface area contributed by atoms with Gasteiger partial charge in [-0.05, 0) is 55.2 Å². The van der Waals surface area contributed by atoms with Crippen molar-refractivity contribution in [2.45, 2.75) is 33.6 Å². The van der Waals surface area contributed by atoms with Crippen LogP contribution in [0.1, 0.15) is 30.0 Å². The molecule has 5 nitrogen and oxygen atoms in total. The van der Waals surface area contributed by atoms with Crippen LogP contribution in [0.15, 0.2) is 42.5 Å². The van der Waals surface area contributed by atoms with Crippen LogP contribution in [0.3, 0.4) is 0 Å². The number of amides is 2. The Labute approximate surface area is 161 Å². The molecule has 0 spiro atoms. The molecular formula is C22H28N2O3. The Morgan fingerprint density at radius 1 is 1.07 bits per heavy atom. The summed E-state index contributed by atoms with van der Waals surface area (Å²) in [6.45, 7) is 6.43.